The first-order valence-electron chi connectivity index (χ1n) is 17.9. The Balaban J connectivity index is 1.34. The van der Waals surface area contributed by atoms with Crippen molar-refractivity contribution in [2.45, 2.75) is 13.5 Å². The second-order valence-corrected chi connectivity index (χ2v) is 13.7. The maximum absolute atomic E-state index is 5.29. The summed E-state index contributed by atoms with van der Waals surface area (Å²) in [7, 11) is 0. The summed E-state index contributed by atoms with van der Waals surface area (Å²) >= 11 is 0. The minimum atomic E-state index is 0.840. The van der Waals surface area contributed by atoms with Crippen molar-refractivity contribution in [2.75, 3.05) is 0 Å². The molecule has 1 aromatic heterocycles. The van der Waals surface area contributed by atoms with Gasteiger partial charge < -0.3 is 4.57 Å². The van der Waals surface area contributed by atoms with E-state index >= 15 is 0 Å². The zero-order valence-corrected chi connectivity index (χ0v) is 28.2. The van der Waals surface area contributed by atoms with Gasteiger partial charge in [0.1, 0.15) is 5.82 Å². The summed E-state index contributed by atoms with van der Waals surface area (Å²) in [4.78, 5) is 5.29. The Bertz CT molecular complexity index is 3180. The van der Waals surface area contributed by atoms with Crippen LogP contribution >= 0.6 is 0 Å². The minimum absolute atomic E-state index is 0.840. The molecule has 0 aliphatic carbocycles. The van der Waals surface area contributed by atoms with Gasteiger partial charge in [0.15, 0.2) is 0 Å². The van der Waals surface area contributed by atoms with Gasteiger partial charge in [-0.3, -0.25) is 0 Å². The fourth-order valence-corrected chi connectivity index (χ4v) is 9.00. The molecule has 1 heterocycles. The molecule has 0 saturated heterocycles. The number of aryl methyl sites for hydroxylation is 1. The molecule has 0 amide bonds. The van der Waals surface area contributed by atoms with Gasteiger partial charge in [0.25, 0.3) is 0 Å². The molecule has 11 rings (SSSR count). The molecule has 0 atom stereocenters. The summed E-state index contributed by atoms with van der Waals surface area (Å²) in [6.45, 7) is 3.06. The lowest BCUT2D eigenvalue weighted by Gasteiger charge is -2.19. The van der Waals surface area contributed by atoms with Crippen molar-refractivity contribution in [3.05, 3.63) is 164 Å². The first-order valence-corrected chi connectivity index (χ1v) is 17.9. The Morgan fingerprint density at radius 3 is 1.55 bits per heavy atom. The highest BCUT2D eigenvalue weighted by atomic mass is 15.1. The molecule has 0 spiro atoms. The van der Waals surface area contributed by atoms with Crippen molar-refractivity contribution in [1.29, 1.82) is 0 Å². The highest BCUT2D eigenvalue weighted by molar-refractivity contribution is 6.34. The van der Waals surface area contributed by atoms with Gasteiger partial charge in [-0.05, 0) is 118 Å². The Labute approximate surface area is 294 Å². The summed E-state index contributed by atoms with van der Waals surface area (Å²) in [5.41, 5.74) is 5.87. The number of imidazole rings is 1. The Kier molecular flexibility index (Phi) is 5.97. The van der Waals surface area contributed by atoms with E-state index in [1.54, 1.807) is 0 Å². The summed E-state index contributed by atoms with van der Waals surface area (Å²) < 4.78 is 2.37. The molecule has 0 saturated carbocycles. The summed E-state index contributed by atoms with van der Waals surface area (Å²) in [5.74, 6) is 1.02. The smallest absolute Gasteiger partial charge is 0.142 e. The first kappa shape index (κ1) is 28.3. The van der Waals surface area contributed by atoms with E-state index in [1.165, 1.54) is 97.6 Å². The predicted molar refractivity (Wildman–Crippen MR) is 219 cm³/mol. The normalized spacial score (nSPS) is 12.1. The number of rotatable bonds is 3. The van der Waals surface area contributed by atoms with E-state index in [0.717, 1.165) is 17.9 Å². The van der Waals surface area contributed by atoms with E-state index in [4.69, 9.17) is 4.98 Å². The lowest BCUT2D eigenvalue weighted by atomic mass is 9.85. The van der Waals surface area contributed by atoms with Crippen LogP contribution in [0.15, 0.2) is 164 Å². The number of hydrogen-bond donors (Lipinski definition) is 0. The molecule has 0 N–H and O–H groups in total. The third-order valence-corrected chi connectivity index (χ3v) is 11.1. The molecule has 2 nitrogen and oxygen atoms in total. The maximum Gasteiger partial charge on any atom is 0.142 e. The predicted octanol–water partition coefficient (Wildman–Crippen LogP) is 13.5. The second kappa shape index (κ2) is 10.7. The van der Waals surface area contributed by atoms with Gasteiger partial charge in [0, 0.05) is 12.1 Å². The van der Waals surface area contributed by atoms with E-state index in [1.807, 2.05) is 0 Å². The van der Waals surface area contributed by atoms with E-state index in [-0.39, 0.29) is 0 Å². The van der Waals surface area contributed by atoms with Crippen LogP contribution in [0.5, 0.6) is 0 Å². The Morgan fingerprint density at radius 1 is 0.412 bits per heavy atom. The summed E-state index contributed by atoms with van der Waals surface area (Å²) in [6.07, 6.45) is 0. The van der Waals surface area contributed by atoms with Crippen LogP contribution in [0.2, 0.25) is 0 Å². The molecule has 0 fully saturated rings. The van der Waals surface area contributed by atoms with Gasteiger partial charge in [0.05, 0.1) is 11.0 Å². The van der Waals surface area contributed by atoms with Crippen LogP contribution < -0.4 is 0 Å². The van der Waals surface area contributed by atoms with Crippen molar-refractivity contribution in [3.63, 3.8) is 0 Å². The minimum Gasteiger partial charge on any atom is -0.324 e. The lowest BCUT2D eigenvalue weighted by Crippen LogP contribution is -1.99. The second-order valence-electron chi connectivity index (χ2n) is 13.7. The van der Waals surface area contributed by atoms with Gasteiger partial charge in [-0.1, -0.05) is 140 Å². The first-order chi connectivity index (χ1) is 25.3. The number of fused-ring (bicyclic) bond motifs is 8. The summed E-state index contributed by atoms with van der Waals surface area (Å²) in [5, 5.41) is 17.7. The van der Waals surface area contributed by atoms with Crippen molar-refractivity contribution in [3.8, 4) is 22.5 Å². The number of aromatic nitrogens is 2. The van der Waals surface area contributed by atoms with Crippen LogP contribution in [0.25, 0.3) is 109 Å². The summed E-state index contributed by atoms with van der Waals surface area (Å²) in [6, 6.07) is 60.5. The molecule has 11 aromatic rings. The van der Waals surface area contributed by atoms with Gasteiger partial charge >= 0.3 is 0 Å². The monoisotopic (exact) mass is 648 g/mol. The molecule has 238 valence electrons. The molecule has 0 unspecified atom stereocenters. The highest BCUT2D eigenvalue weighted by Crippen LogP contribution is 2.47. The van der Waals surface area contributed by atoms with Crippen molar-refractivity contribution in [2.24, 2.45) is 0 Å². The van der Waals surface area contributed by atoms with E-state index in [9.17, 15) is 0 Å². The van der Waals surface area contributed by atoms with Gasteiger partial charge in [0.2, 0.25) is 0 Å². The molecule has 10 aromatic carbocycles. The molecule has 0 aliphatic rings. The largest absolute Gasteiger partial charge is 0.324 e. The van der Waals surface area contributed by atoms with E-state index in [2.05, 4.69) is 175 Å². The number of hydrogen-bond acceptors (Lipinski definition) is 1. The Morgan fingerprint density at radius 2 is 0.902 bits per heavy atom. The Hall–Kier alpha value is -6.51. The van der Waals surface area contributed by atoms with Gasteiger partial charge in [-0.2, -0.15) is 0 Å². The third kappa shape index (κ3) is 3.96. The zero-order valence-electron chi connectivity index (χ0n) is 28.2. The van der Waals surface area contributed by atoms with E-state index in [0.29, 0.717) is 0 Å². The van der Waals surface area contributed by atoms with Crippen LogP contribution in [0.1, 0.15) is 6.92 Å². The van der Waals surface area contributed by atoms with E-state index < -0.39 is 0 Å². The van der Waals surface area contributed by atoms with Gasteiger partial charge in [-0.15, -0.1) is 0 Å². The average molecular weight is 649 g/mol. The average Bonchev–Trinajstić information content (AvgIpc) is 3.56. The number of nitrogens with zero attached hydrogens (tertiary/aromatic N) is 2. The topological polar surface area (TPSA) is 17.8 Å². The quantitative estimate of drug-likeness (QED) is 0.138. The molecular formula is C49H32N2. The standard InChI is InChI=1S/C49H32N2/c1-2-51-44-25-12-11-24-43(44)50-49(51)48-40-21-9-7-19-38(40)45(39-20-8-10-22-41(39)48)32-28-31-27-26-30-14-13-23-37-35-17-5-3-15-33(35)34-16-4-6-18-36(34)42(29-32)47(31)46(30)37/h3-29H,2H2,1H3. The van der Waals surface area contributed by atoms with Crippen molar-refractivity contribution >= 4 is 86.4 Å². The van der Waals surface area contributed by atoms with Crippen LogP contribution in [-0.4, -0.2) is 9.55 Å². The zero-order chi connectivity index (χ0) is 33.6. The number of para-hydroxylation sites is 2. The van der Waals surface area contributed by atoms with Crippen molar-refractivity contribution < 1.29 is 0 Å². The van der Waals surface area contributed by atoms with Crippen LogP contribution in [0, 0.1) is 0 Å². The molecule has 0 aliphatic heterocycles. The lowest BCUT2D eigenvalue weighted by molar-refractivity contribution is 0.798. The highest BCUT2D eigenvalue weighted by Gasteiger charge is 2.22. The van der Waals surface area contributed by atoms with Crippen LogP contribution in [0.3, 0.4) is 0 Å². The fourth-order valence-electron chi connectivity index (χ4n) is 9.00. The SMILES string of the molecule is CCn1c(-c2c3ccccc3c(-c3cc4ccc5cccc6c7ccccc7c7ccccc7c(c3)c4c56)c3ccccc23)nc2ccccc21. The third-order valence-electron chi connectivity index (χ3n) is 11.1. The van der Waals surface area contributed by atoms with Gasteiger partial charge in [-0.25, -0.2) is 4.98 Å². The van der Waals surface area contributed by atoms with Crippen LogP contribution in [-0.2, 0) is 6.54 Å². The number of benzene rings is 9. The fraction of sp³-hybridized carbons (Fsp3) is 0.0408. The maximum atomic E-state index is 5.29. The molecule has 51 heavy (non-hydrogen) atoms. The molecule has 0 radical (unpaired) electrons. The molecular weight excluding hydrogens is 617 g/mol. The van der Waals surface area contributed by atoms with Crippen LogP contribution in [0.4, 0.5) is 0 Å². The molecule has 2 heteroatoms. The van der Waals surface area contributed by atoms with Crippen molar-refractivity contribution in [1.82, 2.24) is 9.55 Å². The molecule has 0 bridgehead atoms.